The molecule has 0 saturated carbocycles. The second kappa shape index (κ2) is 11.5. The maximum atomic E-state index is 12.1. The Bertz CT molecular complexity index is 400. The molecule has 1 rings (SSSR count). The number of unbranched alkanes of at least 4 members (excludes halogenated alkanes) is 5. The van der Waals surface area contributed by atoms with Gasteiger partial charge in [0.2, 0.25) is 11.8 Å². The lowest BCUT2D eigenvalue weighted by Gasteiger charge is -2.13. The van der Waals surface area contributed by atoms with E-state index in [9.17, 15) is 14.4 Å². The molecule has 23 heavy (non-hydrogen) atoms. The largest absolute Gasteiger partial charge is 0.465 e. The first-order valence-corrected chi connectivity index (χ1v) is 9.76. The molecule has 0 radical (unpaired) electrons. The van der Waals surface area contributed by atoms with Gasteiger partial charge < -0.3 is 4.74 Å². The lowest BCUT2D eigenvalue weighted by Crippen LogP contribution is -2.32. The second-order valence-corrected chi connectivity index (χ2v) is 7.07. The fourth-order valence-electron chi connectivity index (χ4n) is 2.44. The Morgan fingerprint density at radius 2 is 1.83 bits per heavy atom. The van der Waals surface area contributed by atoms with Crippen molar-refractivity contribution < 1.29 is 19.1 Å². The Morgan fingerprint density at radius 3 is 2.52 bits per heavy atom. The first-order chi connectivity index (χ1) is 11.1. The average molecular weight is 343 g/mol. The molecule has 1 unspecified atom stereocenters. The number of amides is 2. The molecule has 1 saturated heterocycles. The number of thioether (sulfide) groups is 1. The van der Waals surface area contributed by atoms with E-state index >= 15 is 0 Å². The monoisotopic (exact) mass is 343 g/mol. The molecule has 0 spiro atoms. The van der Waals surface area contributed by atoms with E-state index < -0.39 is 5.25 Å². The smallest absolute Gasteiger partial charge is 0.315 e. The molecule has 6 heteroatoms. The molecule has 1 aliphatic heterocycles. The minimum Gasteiger partial charge on any atom is -0.465 e. The second-order valence-electron chi connectivity index (χ2n) is 5.88. The molecule has 2 amide bonds. The molecular formula is C17H29NO4S. The summed E-state index contributed by atoms with van der Waals surface area (Å²) in [5.41, 5.74) is 0. The van der Waals surface area contributed by atoms with Crippen molar-refractivity contribution in [3.63, 3.8) is 0 Å². The minimum atomic E-state index is -0.420. The van der Waals surface area contributed by atoms with Gasteiger partial charge in [-0.1, -0.05) is 46.0 Å². The van der Waals surface area contributed by atoms with Crippen LogP contribution in [-0.4, -0.2) is 46.8 Å². The van der Waals surface area contributed by atoms with Gasteiger partial charge in [-0.25, -0.2) is 0 Å². The predicted octanol–water partition coefficient (Wildman–Crippen LogP) is 3.16. The van der Waals surface area contributed by atoms with Crippen molar-refractivity contribution in [3.8, 4) is 0 Å². The third kappa shape index (κ3) is 7.38. The van der Waals surface area contributed by atoms with Gasteiger partial charge in [0.15, 0.2) is 0 Å². The minimum absolute atomic E-state index is 0.120. The van der Waals surface area contributed by atoms with E-state index in [0.717, 1.165) is 25.7 Å². The number of rotatable bonds is 12. The van der Waals surface area contributed by atoms with Crippen LogP contribution in [0.2, 0.25) is 0 Å². The van der Waals surface area contributed by atoms with Crippen LogP contribution in [0.25, 0.3) is 0 Å². The van der Waals surface area contributed by atoms with Crippen LogP contribution in [0.15, 0.2) is 0 Å². The molecule has 0 aliphatic carbocycles. The van der Waals surface area contributed by atoms with Crippen molar-refractivity contribution in [2.75, 3.05) is 18.9 Å². The number of hydrogen-bond donors (Lipinski definition) is 0. The van der Waals surface area contributed by atoms with Gasteiger partial charge in [0.05, 0.1) is 17.6 Å². The van der Waals surface area contributed by atoms with Gasteiger partial charge in [-0.05, 0) is 12.8 Å². The molecule has 0 bridgehead atoms. The van der Waals surface area contributed by atoms with Crippen molar-refractivity contribution in [2.45, 2.75) is 70.5 Å². The Labute approximate surface area is 143 Å². The van der Waals surface area contributed by atoms with E-state index in [-0.39, 0.29) is 30.0 Å². The number of esters is 1. The predicted molar refractivity (Wildman–Crippen MR) is 92.2 cm³/mol. The zero-order valence-electron chi connectivity index (χ0n) is 14.3. The summed E-state index contributed by atoms with van der Waals surface area (Å²) in [6.07, 6.45) is 7.54. The van der Waals surface area contributed by atoms with E-state index in [2.05, 4.69) is 6.92 Å². The van der Waals surface area contributed by atoms with Gasteiger partial charge in [0.25, 0.3) is 0 Å². The summed E-state index contributed by atoms with van der Waals surface area (Å²) in [6.45, 7) is 5.13. The Morgan fingerprint density at radius 1 is 1.13 bits per heavy atom. The molecule has 1 atom stereocenters. The van der Waals surface area contributed by atoms with E-state index in [4.69, 9.17) is 4.74 Å². The van der Waals surface area contributed by atoms with E-state index in [1.54, 1.807) is 0 Å². The molecule has 0 aromatic carbocycles. The number of carbonyl (C=O) groups excluding carboxylic acids is 3. The van der Waals surface area contributed by atoms with E-state index in [1.165, 1.54) is 35.9 Å². The molecule has 1 heterocycles. The molecule has 1 aliphatic rings. The quantitative estimate of drug-likeness (QED) is 0.309. The van der Waals surface area contributed by atoms with Crippen molar-refractivity contribution in [1.29, 1.82) is 0 Å². The van der Waals surface area contributed by atoms with E-state index in [0.29, 0.717) is 13.2 Å². The summed E-state index contributed by atoms with van der Waals surface area (Å²) in [5.74, 6) is -0.427. The van der Waals surface area contributed by atoms with Crippen LogP contribution in [0, 0.1) is 0 Å². The summed E-state index contributed by atoms with van der Waals surface area (Å²) in [4.78, 5) is 37.0. The van der Waals surface area contributed by atoms with Crippen LogP contribution in [0.3, 0.4) is 0 Å². The van der Waals surface area contributed by atoms with Crippen molar-refractivity contribution >= 4 is 29.5 Å². The average Bonchev–Trinajstić information content (AvgIpc) is 2.80. The third-order valence-corrected chi connectivity index (χ3v) is 5.02. The van der Waals surface area contributed by atoms with Gasteiger partial charge >= 0.3 is 5.97 Å². The van der Waals surface area contributed by atoms with E-state index in [1.807, 2.05) is 6.92 Å². The molecule has 132 valence electrons. The SMILES string of the molecule is CCCCCCCOC(=O)CSC1CC(=O)N(CCCC)C1=O. The highest BCUT2D eigenvalue weighted by Gasteiger charge is 2.38. The third-order valence-electron chi connectivity index (χ3n) is 3.85. The van der Waals surface area contributed by atoms with Crippen LogP contribution in [0.1, 0.15) is 65.2 Å². The van der Waals surface area contributed by atoms with Crippen LogP contribution in [-0.2, 0) is 19.1 Å². The van der Waals surface area contributed by atoms with Crippen molar-refractivity contribution in [2.24, 2.45) is 0 Å². The normalized spacial score (nSPS) is 17.8. The van der Waals surface area contributed by atoms with Crippen LogP contribution < -0.4 is 0 Å². The number of hydrogen-bond acceptors (Lipinski definition) is 5. The summed E-state index contributed by atoms with van der Waals surface area (Å²) < 4.78 is 5.17. The maximum absolute atomic E-state index is 12.1. The van der Waals surface area contributed by atoms with Crippen molar-refractivity contribution in [1.82, 2.24) is 4.90 Å². The fourth-order valence-corrected chi connectivity index (χ4v) is 3.39. The number of likely N-dealkylation sites (tertiary alicyclic amines) is 1. The zero-order chi connectivity index (χ0) is 17.1. The summed E-state index contributed by atoms with van der Waals surface area (Å²) in [6, 6.07) is 0. The molecule has 0 aromatic heterocycles. The highest BCUT2D eigenvalue weighted by atomic mass is 32.2. The number of imide groups is 1. The molecule has 5 nitrogen and oxygen atoms in total. The Kier molecular flexibility index (Phi) is 9.99. The van der Waals surface area contributed by atoms with Crippen LogP contribution >= 0.6 is 11.8 Å². The lowest BCUT2D eigenvalue weighted by atomic mass is 10.2. The fraction of sp³-hybridized carbons (Fsp3) is 0.824. The van der Waals surface area contributed by atoms with Crippen molar-refractivity contribution in [3.05, 3.63) is 0 Å². The number of carbonyl (C=O) groups is 3. The standard InChI is InChI=1S/C17H29NO4S/c1-3-5-7-8-9-11-22-16(20)13-23-14-12-15(19)18(17(14)21)10-6-4-2/h14H,3-13H2,1-2H3. The first-order valence-electron chi connectivity index (χ1n) is 8.71. The molecule has 0 aromatic rings. The molecule has 1 fully saturated rings. The summed E-state index contributed by atoms with van der Waals surface area (Å²) in [5, 5.41) is -0.420. The summed E-state index contributed by atoms with van der Waals surface area (Å²) in [7, 11) is 0. The van der Waals surface area contributed by atoms with Gasteiger partial charge in [-0.15, -0.1) is 11.8 Å². The Balaban J connectivity index is 2.18. The Hall–Kier alpha value is -1.04. The van der Waals surface area contributed by atoms with Gasteiger partial charge in [0.1, 0.15) is 0 Å². The summed E-state index contributed by atoms with van der Waals surface area (Å²) >= 11 is 1.23. The lowest BCUT2D eigenvalue weighted by molar-refractivity contribution is -0.140. The van der Waals surface area contributed by atoms with Crippen LogP contribution in [0.5, 0.6) is 0 Å². The first kappa shape index (κ1) is 20.0. The van der Waals surface area contributed by atoms with Crippen LogP contribution in [0.4, 0.5) is 0 Å². The van der Waals surface area contributed by atoms with Gasteiger partial charge in [-0.2, -0.15) is 0 Å². The van der Waals surface area contributed by atoms with Gasteiger partial charge in [0, 0.05) is 13.0 Å². The number of nitrogens with zero attached hydrogens (tertiary/aromatic N) is 1. The molecular weight excluding hydrogens is 314 g/mol. The topological polar surface area (TPSA) is 63.7 Å². The zero-order valence-corrected chi connectivity index (χ0v) is 15.2. The highest BCUT2D eigenvalue weighted by molar-refractivity contribution is 8.01. The maximum Gasteiger partial charge on any atom is 0.315 e. The molecule has 0 N–H and O–H groups in total. The highest BCUT2D eigenvalue weighted by Crippen LogP contribution is 2.25. The number of ether oxygens (including phenoxy) is 1. The van der Waals surface area contributed by atoms with Gasteiger partial charge in [-0.3, -0.25) is 19.3 Å².